The molecule has 0 saturated carbocycles. The minimum absolute atomic E-state index is 0.150. The van der Waals surface area contributed by atoms with Crippen LogP contribution in [0.4, 0.5) is 51.1 Å². The normalized spacial score (nSPS) is 13.5. The topological polar surface area (TPSA) is 73.7 Å². The average molecular weight is 721 g/mol. The quantitative estimate of drug-likeness (QED) is 0.160. The van der Waals surface area contributed by atoms with Gasteiger partial charge in [-0.3, -0.25) is 14.3 Å². The molecule has 2 rings (SSSR count). The molecule has 0 aliphatic carbocycles. The van der Waals surface area contributed by atoms with Crippen LogP contribution in [0, 0.1) is 0 Å². The van der Waals surface area contributed by atoms with E-state index >= 15 is 0 Å². The number of benzene rings is 1. The van der Waals surface area contributed by atoms with E-state index in [-0.39, 0.29) is 23.6 Å². The number of hydrogen-bond acceptors (Lipinski definition) is 6. The largest absolute Gasteiger partial charge is 0.463 e. The lowest BCUT2D eigenvalue weighted by molar-refractivity contribution is -0.155. The molecule has 0 N–H and O–H groups in total. The molecule has 1 aromatic heterocycles. The summed E-state index contributed by atoms with van der Waals surface area (Å²) < 4.78 is 133. The third-order valence-corrected chi connectivity index (χ3v) is 6.58. The molecule has 0 fully saturated rings. The molecule has 0 spiro atoms. The maximum atomic E-state index is 13.9. The van der Waals surface area contributed by atoms with Gasteiger partial charge in [-0.2, -0.15) is 39.5 Å². The third-order valence-electron chi connectivity index (χ3n) is 5.04. The first-order valence-corrected chi connectivity index (χ1v) is 12.7. The molecule has 224 valence electrons. The Bertz CT molecular complexity index is 1310. The fourth-order valence-electron chi connectivity index (χ4n) is 3.44. The predicted molar refractivity (Wildman–Crippen MR) is 130 cm³/mol. The highest BCUT2D eigenvalue weighted by Crippen LogP contribution is 2.46. The van der Waals surface area contributed by atoms with E-state index < -0.39 is 86.3 Å². The monoisotopic (exact) mass is 719 g/mol. The second-order valence-electron chi connectivity index (χ2n) is 8.12. The van der Waals surface area contributed by atoms with Gasteiger partial charge in [-0.05, 0) is 71.7 Å². The number of ether oxygens (including phenoxy) is 2. The SMILES string of the molecule is CCOC(=O)C(OCC)N(c1cc(C(F)(F)F)cc(C(F)(F)F)c1Br)c1nc(C(F)(F)F)c(Br)c(=O)n1C(C)C. The van der Waals surface area contributed by atoms with Crippen LogP contribution in [0.1, 0.15) is 50.6 Å². The fraction of sp³-hybridized carbons (Fsp3) is 0.500. The van der Waals surface area contributed by atoms with Crippen molar-refractivity contribution in [3.63, 3.8) is 0 Å². The van der Waals surface area contributed by atoms with E-state index in [1.807, 2.05) is 0 Å². The van der Waals surface area contributed by atoms with Crippen molar-refractivity contribution in [2.24, 2.45) is 0 Å². The highest BCUT2D eigenvalue weighted by molar-refractivity contribution is 9.11. The van der Waals surface area contributed by atoms with Crippen LogP contribution in [-0.4, -0.2) is 35.0 Å². The van der Waals surface area contributed by atoms with Crippen molar-refractivity contribution in [3.8, 4) is 0 Å². The molecule has 1 heterocycles. The van der Waals surface area contributed by atoms with Crippen LogP contribution >= 0.6 is 31.9 Å². The standard InChI is InChI=1S/C22H20Br2F9N3O4/c1-5-39-17(18(38)40-6-2)36(12-8-10(20(25,26)27)7-11(13(12)23)21(28,29)30)19-34-15(22(31,32)33)14(24)16(37)35(19)9(3)4/h7-9,17H,5-6H2,1-4H3. The summed E-state index contributed by atoms with van der Waals surface area (Å²) in [5.74, 6) is -2.54. The summed E-state index contributed by atoms with van der Waals surface area (Å²) >= 11 is 5.11. The number of nitrogens with zero attached hydrogens (tertiary/aromatic N) is 3. The Morgan fingerprint density at radius 3 is 1.95 bits per heavy atom. The van der Waals surface area contributed by atoms with Crippen molar-refractivity contribution in [1.29, 1.82) is 0 Å². The first kappa shape index (κ1) is 33.9. The van der Waals surface area contributed by atoms with Gasteiger partial charge in [0, 0.05) is 12.6 Å². The van der Waals surface area contributed by atoms with Gasteiger partial charge in [-0.25, -0.2) is 9.78 Å². The maximum absolute atomic E-state index is 13.9. The number of esters is 1. The first-order chi connectivity index (χ1) is 18.2. The molecule has 1 aromatic carbocycles. The molecule has 0 aliphatic heterocycles. The number of anilines is 2. The van der Waals surface area contributed by atoms with Gasteiger partial charge in [0.05, 0.1) is 27.9 Å². The molecule has 40 heavy (non-hydrogen) atoms. The van der Waals surface area contributed by atoms with Crippen molar-refractivity contribution in [3.05, 3.63) is 48.3 Å². The highest BCUT2D eigenvalue weighted by Gasteiger charge is 2.44. The lowest BCUT2D eigenvalue weighted by atomic mass is 10.1. The lowest BCUT2D eigenvalue weighted by Gasteiger charge is -2.35. The second-order valence-corrected chi connectivity index (χ2v) is 9.71. The average Bonchev–Trinajstić information content (AvgIpc) is 2.79. The van der Waals surface area contributed by atoms with E-state index in [0.29, 0.717) is 4.57 Å². The molecule has 0 bridgehead atoms. The molecular weight excluding hydrogens is 701 g/mol. The number of carbonyl (C=O) groups excluding carboxylic acids is 1. The zero-order valence-corrected chi connectivity index (χ0v) is 24.0. The Labute approximate surface area is 237 Å². The van der Waals surface area contributed by atoms with Gasteiger partial charge in [-0.1, -0.05) is 0 Å². The molecule has 7 nitrogen and oxygen atoms in total. The van der Waals surface area contributed by atoms with Gasteiger partial charge in [0.2, 0.25) is 12.2 Å². The van der Waals surface area contributed by atoms with Crippen molar-refractivity contribution >= 4 is 49.5 Å². The summed E-state index contributed by atoms with van der Waals surface area (Å²) in [6, 6.07) is -1.15. The van der Waals surface area contributed by atoms with E-state index in [1.165, 1.54) is 27.7 Å². The maximum Gasteiger partial charge on any atom is 0.434 e. The van der Waals surface area contributed by atoms with Gasteiger partial charge in [-0.15, -0.1) is 0 Å². The molecule has 0 radical (unpaired) electrons. The van der Waals surface area contributed by atoms with Crippen LogP contribution in [0.2, 0.25) is 0 Å². The molecule has 0 saturated heterocycles. The molecule has 18 heteroatoms. The van der Waals surface area contributed by atoms with Gasteiger partial charge >= 0.3 is 24.5 Å². The van der Waals surface area contributed by atoms with Crippen LogP contribution in [-0.2, 0) is 32.8 Å². The molecule has 0 amide bonds. The van der Waals surface area contributed by atoms with Gasteiger partial charge < -0.3 is 9.47 Å². The number of halogens is 11. The Morgan fingerprint density at radius 2 is 1.52 bits per heavy atom. The summed E-state index contributed by atoms with van der Waals surface area (Å²) in [5.41, 5.74) is -8.13. The van der Waals surface area contributed by atoms with Crippen molar-refractivity contribution in [1.82, 2.24) is 9.55 Å². The predicted octanol–water partition coefficient (Wildman–Crippen LogP) is 7.47. The molecule has 1 atom stereocenters. The Hall–Kier alpha value is -2.34. The Kier molecular flexibility index (Phi) is 10.4. The van der Waals surface area contributed by atoms with E-state index in [2.05, 4.69) is 36.8 Å². The zero-order valence-electron chi connectivity index (χ0n) is 20.9. The molecule has 0 aliphatic rings. The Morgan fingerprint density at radius 1 is 0.950 bits per heavy atom. The highest BCUT2D eigenvalue weighted by atomic mass is 79.9. The van der Waals surface area contributed by atoms with Crippen LogP contribution < -0.4 is 10.5 Å². The van der Waals surface area contributed by atoms with E-state index in [0.717, 1.165) is 0 Å². The summed E-state index contributed by atoms with van der Waals surface area (Å²) in [4.78, 5) is 29.6. The Balaban J connectivity index is 3.27. The van der Waals surface area contributed by atoms with Gasteiger partial charge in [0.1, 0.15) is 4.47 Å². The fourth-order valence-corrected chi connectivity index (χ4v) is 4.59. The van der Waals surface area contributed by atoms with Crippen LogP contribution in [0.25, 0.3) is 0 Å². The number of carbonyl (C=O) groups is 1. The minimum Gasteiger partial charge on any atom is -0.463 e. The van der Waals surface area contributed by atoms with Crippen molar-refractivity contribution in [2.45, 2.75) is 58.5 Å². The molecule has 1 unspecified atom stereocenters. The number of rotatable bonds is 8. The third kappa shape index (κ3) is 7.10. The van der Waals surface area contributed by atoms with Crippen molar-refractivity contribution in [2.75, 3.05) is 18.1 Å². The first-order valence-electron chi connectivity index (χ1n) is 11.1. The number of alkyl halides is 9. The van der Waals surface area contributed by atoms with Gasteiger partial charge in [0.15, 0.2) is 5.69 Å². The summed E-state index contributed by atoms with van der Waals surface area (Å²) in [5, 5.41) is 0. The molecular formula is C22H20Br2F9N3O4. The smallest absolute Gasteiger partial charge is 0.434 e. The van der Waals surface area contributed by atoms with Crippen LogP contribution in [0.5, 0.6) is 0 Å². The van der Waals surface area contributed by atoms with Crippen LogP contribution in [0.15, 0.2) is 25.9 Å². The summed E-state index contributed by atoms with van der Waals surface area (Å²) in [6.45, 7) is 4.40. The zero-order chi connectivity index (χ0) is 31.0. The summed E-state index contributed by atoms with van der Waals surface area (Å²) in [6.07, 6.45) is -18.4. The lowest BCUT2D eigenvalue weighted by Crippen LogP contribution is -2.46. The van der Waals surface area contributed by atoms with Gasteiger partial charge in [0.25, 0.3) is 5.56 Å². The molecule has 2 aromatic rings. The van der Waals surface area contributed by atoms with Crippen molar-refractivity contribution < 1.29 is 53.8 Å². The van der Waals surface area contributed by atoms with Crippen LogP contribution in [0.3, 0.4) is 0 Å². The van der Waals surface area contributed by atoms with E-state index in [9.17, 15) is 49.1 Å². The number of aromatic nitrogens is 2. The minimum atomic E-state index is -5.41. The number of hydrogen-bond donors (Lipinski definition) is 0. The second kappa shape index (κ2) is 12.3. The van der Waals surface area contributed by atoms with E-state index in [4.69, 9.17) is 9.47 Å². The summed E-state index contributed by atoms with van der Waals surface area (Å²) in [7, 11) is 0. The van der Waals surface area contributed by atoms with E-state index in [1.54, 1.807) is 0 Å².